The number of fused-ring (bicyclic) bond motifs is 1. The van der Waals surface area contributed by atoms with E-state index in [0.29, 0.717) is 23.7 Å². The van der Waals surface area contributed by atoms with Crippen molar-refractivity contribution in [1.82, 2.24) is 5.32 Å². The van der Waals surface area contributed by atoms with Crippen molar-refractivity contribution >= 4 is 55.8 Å². The maximum Gasteiger partial charge on any atom is 0.254 e. The molecule has 2 amide bonds. The molecule has 2 N–H and O–H groups in total. The van der Waals surface area contributed by atoms with Crippen molar-refractivity contribution < 1.29 is 14.3 Å². The molecule has 0 bridgehead atoms. The summed E-state index contributed by atoms with van der Waals surface area (Å²) in [5.41, 5.74) is 1.73. The minimum atomic E-state index is -0.134. The van der Waals surface area contributed by atoms with Gasteiger partial charge in [-0.25, -0.2) is 0 Å². The number of thioether (sulfide) groups is 1. The van der Waals surface area contributed by atoms with Crippen molar-refractivity contribution in [1.29, 1.82) is 0 Å². The number of amides is 2. The Morgan fingerprint density at radius 1 is 1.25 bits per heavy atom. The van der Waals surface area contributed by atoms with Crippen molar-refractivity contribution in [3.8, 4) is 0 Å². The highest BCUT2D eigenvalue weighted by atomic mass is 79.9. The highest BCUT2D eigenvalue weighted by Gasteiger charge is 2.26. The number of halogens is 1. The maximum atomic E-state index is 12.8. The third-order valence-electron chi connectivity index (χ3n) is 4.44. The lowest BCUT2D eigenvalue weighted by Crippen LogP contribution is -2.29. The highest BCUT2D eigenvalue weighted by Crippen LogP contribution is 2.38. The Bertz CT molecular complexity index is 854. The number of nitrogens with one attached hydrogen (secondary N) is 2. The number of rotatable bonds is 8. The zero-order chi connectivity index (χ0) is 19.9. The molecule has 0 radical (unpaired) electrons. The van der Waals surface area contributed by atoms with Crippen LogP contribution in [0.3, 0.4) is 0 Å². The number of carbonyl (C=O) groups is 2. The van der Waals surface area contributed by atoms with Gasteiger partial charge in [-0.15, -0.1) is 23.1 Å². The van der Waals surface area contributed by atoms with Crippen LogP contribution in [-0.4, -0.2) is 37.8 Å². The zero-order valence-corrected chi connectivity index (χ0v) is 18.9. The van der Waals surface area contributed by atoms with Crippen molar-refractivity contribution in [2.24, 2.45) is 0 Å². The van der Waals surface area contributed by atoms with E-state index in [1.54, 1.807) is 18.4 Å². The first kappa shape index (κ1) is 21.4. The normalized spacial score (nSPS) is 13.1. The third kappa shape index (κ3) is 5.37. The van der Waals surface area contributed by atoms with Crippen LogP contribution < -0.4 is 10.6 Å². The van der Waals surface area contributed by atoms with E-state index in [-0.39, 0.29) is 17.6 Å². The van der Waals surface area contributed by atoms with Crippen LogP contribution in [0.15, 0.2) is 33.6 Å². The molecular weight excluding hydrogens is 460 g/mol. The largest absolute Gasteiger partial charge is 0.383 e. The fourth-order valence-corrected chi connectivity index (χ4v) is 5.79. The monoisotopic (exact) mass is 482 g/mol. The molecule has 150 valence electrons. The molecule has 0 unspecified atom stereocenters. The number of aryl methyl sites for hydroxylation is 1. The predicted molar refractivity (Wildman–Crippen MR) is 119 cm³/mol. The van der Waals surface area contributed by atoms with Crippen LogP contribution in [0, 0.1) is 0 Å². The van der Waals surface area contributed by atoms with Crippen LogP contribution in [0.4, 0.5) is 5.00 Å². The molecule has 8 heteroatoms. The lowest BCUT2D eigenvalue weighted by atomic mass is 9.95. The lowest BCUT2D eigenvalue weighted by Gasteiger charge is -2.13. The van der Waals surface area contributed by atoms with Gasteiger partial charge in [0.05, 0.1) is 17.9 Å². The lowest BCUT2D eigenvalue weighted by molar-refractivity contribution is -0.113. The van der Waals surface area contributed by atoms with E-state index < -0.39 is 0 Å². The topological polar surface area (TPSA) is 67.4 Å². The van der Waals surface area contributed by atoms with Gasteiger partial charge in [-0.05, 0) is 59.3 Å². The summed E-state index contributed by atoms with van der Waals surface area (Å²) >= 11 is 6.51. The van der Waals surface area contributed by atoms with Gasteiger partial charge < -0.3 is 15.4 Å². The molecule has 1 aliphatic rings. The van der Waals surface area contributed by atoms with Crippen molar-refractivity contribution in [3.05, 3.63) is 44.7 Å². The average Bonchev–Trinajstić information content (AvgIpc) is 3.05. The molecule has 1 aromatic carbocycles. The standard InChI is InChI=1S/C20H23BrN2O3S2/c1-26-11-10-22-19(25)18-13-6-2-4-8-15(13)28-20(18)23-17(24)12-27-16-9-5-3-7-14(16)21/h3,5,7,9H,2,4,6,8,10-12H2,1H3,(H,22,25)(H,23,24). The number of hydrogen-bond acceptors (Lipinski definition) is 5. The molecule has 5 nitrogen and oxygen atoms in total. The van der Waals surface area contributed by atoms with E-state index >= 15 is 0 Å². The second kappa shape index (κ2) is 10.4. The molecule has 1 aliphatic carbocycles. The van der Waals surface area contributed by atoms with E-state index in [1.165, 1.54) is 16.6 Å². The van der Waals surface area contributed by atoms with E-state index in [9.17, 15) is 9.59 Å². The number of methoxy groups -OCH3 is 1. The number of carbonyl (C=O) groups excluding carboxylic acids is 2. The quantitative estimate of drug-likeness (QED) is 0.429. The zero-order valence-electron chi connectivity index (χ0n) is 15.7. The molecule has 0 saturated carbocycles. The van der Waals surface area contributed by atoms with Gasteiger partial charge >= 0.3 is 0 Å². The summed E-state index contributed by atoms with van der Waals surface area (Å²) in [4.78, 5) is 27.5. The van der Waals surface area contributed by atoms with Crippen LogP contribution in [0.25, 0.3) is 0 Å². The van der Waals surface area contributed by atoms with Crippen LogP contribution in [-0.2, 0) is 22.4 Å². The predicted octanol–water partition coefficient (Wildman–Crippen LogP) is 4.50. The Labute approximate surface area is 181 Å². The van der Waals surface area contributed by atoms with E-state index in [0.717, 1.165) is 40.6 Å². The molecular formula is C20H23BrN2O3S2. The summed E-state index contributed by atoms with van der Waals surface area (Å²) < 4.78 is 5.98. The summed E-state index contributed by atoms with van der Waals surface area (Å²) in [5, 5.41) is 6.54. The molecule has 0 spiro atoms. The van der Waals surface area contributed by atoms with Crippen LogP contribution in [0.2, 0.25) is 0 Å². The molecule has 2 aromatic rings. The Morgan fingerprint density at radius 2 is 2.04 bits per heavy atom. The van der Waals surface area contributed by atoms with Crippen LogP contribution in [0.1, 0.15) is 33.6 Å². The molecule has 0 atom stereocenters. The second-order valence-electron chi connectivity index (χ2n) is 6.43. The Balaban J connectivity index is 1.71. The summed E-state index contributed by atoms with van der Waals surface area (Å²) in [6.07, 6.45) is 4.07. The molecule has 0 aliphatic heterocycles. The minimum Gasteiger partial charge on any atom is -0.383 e. The van der Waals surface area contributed by atoms with Crippen molar-refractivity contribution in [3.63, 3.8) is 0 Å². The Kier molecular flexibility index (Phi) is 7.96. The molecule has 0 fully saturated rings. The van der Waals surface area contributed by atoms with E-state index in [4.69, 9.17) is 4.74 Å². The molecule has 3 rings (SSSR count). The molecule has 1 aromatic heterocycles. The molecule has 28 heavy (non-hydrogen) atoms. The first-order chi connectivity index (χ1) is 13.6. The fraction of sp³-hybridized carbons (Fsp3) is 0.400. The van der Waals surface area contributed by atoms with Gasteiger partial charge in [-0.3, -0.25) is 9.59 Å². The van der Waals surface area contributed by atoms with Gasteiger partial charge in [-0.1, -0.05) is 12.1 Å². The highest BCUT2D eigenvalue weighted by molar-refractivity contribution is 9.10. The summed E-state index contributed by atoms with van der Waals surface area (Å²) in [6.45, 7) is 0.910. The second-order valence-corrected chi connectivity index (χ2v) is 9.41. The van der Waals surface area contributed by atoms with Crippen molar-refractivity contribution in [2.75, 3.05) is 31.3 Å². The summed E-state index contributed by atoms with van der Waals surface area (Å²) in [6, 6.07) is 7.82. The average molecular weight is 483 g/mol. The van der Waals surface area contributed by atoms with Crippen LogP contribution >= 0.6 is 39.0 Å². The smallest absolute Gasteiger partial charge is 0.254 e. The minimum absolute atomic E-state index is 0.106. The molecule has 1 heterocycles. The Morgan fingerprint density at radius 3 is 2.82 bits per heavy atom. The SMILES string of the molecule is COCCNC(=O)c1c(NC(=O)CSc2ccccc2Br)sc2c1CCCC2. The molecule has 0 saturated heterocycles. The fourth-order valence-electron chi connectivity index (χ4n) is 3.12. The van der Waals surface area contributed by atoms with Crippen molar-refractivity contribution in [2.45, 2.75) is 30.6 Å². The van der Waals surface area contributed by atoms with Gasteiger partial charge in [0.1, 0.15) is 5.00 Å². The van der Waals surface area contributed by atoms with E-state index in [1.807, 2.05) is 24.3 Å². The summed E-state index contributed by atoms with van der Waals surface area (Å²) in [5.74, 6) is 0.0473. The Hall–Kier alpha value is -1.35. The number of ether oxygens (including phenoxy) is 1. The van der Waals surface area contributed by atoms with Gasteiger partial charge in [0.15, 0.2) is 0 Å². The van der Waals surface area contributed by atoms with Gasteiger partial charge in [0, 0.05) is 27.9 Å². The van der Waals surface area contributed by atoms with Gasteiger partial charge in [0.2, 0.25) is 5.91 Å². The number of hydrogen-bond donors (Lipinski definition) is 2. The number of benzene rings is 1. The number of anilines is 1. The van der Waals surface area contributed by atoms with Gasteiger partial charge in [0.25, 0.3) is 5.91 Å². The first-order valence-electron chi connectivity index (χ1n) is 9.19. The number of thiophene rings is 1. The third-order valence-corrected chi connectivity index (χ3v) is 7.67. The summed E-state index contributed by atoms with van der Waals surface area (Å²) in [7, 11) is 1.60. The van der Waals surface area contributed by atoms with E-state index in [2.05, 4.69) is 26.6 Å². The van der Waals surface area contributed by atoms with Gasteiger partial charge in [-0.2, -0.15) is 0 Å². The first-order valence-corrected chi connectivity index (χ1v) is 11.8. The van der Waals surface area contributed by atoms with Crippen LogP contribution in [0.5, 0.6) is 0 Å². The maximum absolute atomic E-state index is 12.8.